The molecule has 4 heteroatoms. The fourth-order valence-corrected chi connectivity index (χ4v) is 4.15. The Balaban J connectivity index is 1.68. The van der Waals surface area contributed by atoms with Gasteiger partial charge in [0, 0.05) is 25.4 Å². The predicted octanol–water partition coefficient (Wildman–Crippen LogP) is 1.66. The Bertz CT molecular complexity index is 471. The zero-order valence-corrected chi connectivity index (χ0v) is 12.1. The first-order valence-corrected chi connectivity index (χ1v) is 8.06. The number of benzene rings is 1. The summed E-state index contributed by atoms with van der Waals surface area (Å²) in [5.41, 5.74) is 2.64. The lowest BCUT2D eigenvalue weighted by molar-refractivity contribution is -0.134. The van der Waals surface area contributed by atoms with Gasteiger partial charge in [0.15, 0.2) is 0 Å². The normalized spacial score (nSPS) is 25.9. The Morgan fingerprint density at radius 3 is 2.89 bits per heavy atom. The van der Waals surface area contributed by atoms with Crippen molar-refractivity contribution < 1.29 is 4.79 Å². The molecule has 1 aromatic carbocycles. The summed E-state index contributed by atoms with van der Waals surface area (Å²) in [5.74, 6) is 2.52. The fraction of sp³-hybridized carbons (Fsp3) is 0.533. The number of amides is 1. The Morgan fingerprint density at radius 1 is 1.37 bits per heavy atom. The summed E-state index contributed by atoms with van der Waals surface area (Å²) in [7, 11) is 1.96. The third-order valence-corrected chi connectivity index (χ3v) is 5.33. The van der Waals surface area contributed by atoms with Crippen molar-refractivity contribution in [3.63, 3.8) is 0 Å². The van der Waals surface area contributed by atoms with Crippen LogP contribution in [-0.2, 0) is 17.8 Å². The highest BCUT2D eigenvalue weighted by molar-refractivity contribution is 7.99. The van der Waals surface area contributed by atoms with E-state index in [0.717, 1.165) is 25.1 Å². The van der Waals surface area contributed by atoms with Gasteiger partial charge in [-0.05, 0) is 29.7 Å². The molecule has 19 heavy (non-hydrogen) atoms. The van der Waals surface area contributed by atoms with E-state index in [9.17, 15) is 4.79 Å². The van der Waals surface area contributed by atoms with E-state index in [2.05, 4.69) is 29.6 Å². The summed E-state index contributed by atoms with van der Waals surface area (Å²) >= 11 is 1.95. The van der Waals surface area contributed by atoms with E-state index in [4.69, 9.17) is 0 Å². The molecule has 1 N–H and O–H groups in total. The van der Waals surface area contributed by atoms with Gasteiger partial charge in [-0.1, -0.05) is 24.3 Å². The second kappa shape index (κ2) is 5.55. The van der Waals surface area contributed by atoms with E-state index < -0.39 is 0 Å². The van der Waals surface area contributed by atoms with Gasteiger partial charge in [-0.15, -0.1) is 0 Å². The Hall–Kier alpha value is -1.00. The van der Waals surface area contributed by atoms with Crippen molar-refractivity contribution in [3.05, 3.63) is 35.4 Å². The number of rotatable bonds is 2. The van der Waals surface area contributed by atoms with Gasteiger partial charge in [0.05, 0.1) is 6.04 Å². The van der Waals surface area contributed by atoms with Gasteiger partial charge in [-0.3, -0.25) is 4.79 Å². The lowest BCUT2D eigenvalue weighted by Crippen LogP contribution is -2.51. The molecular formula is C15H20N2OS. The molecule has 3 nitrogen and oxygen atoms in total. The maximum absolute atomic E-state index is 12.5. The predicted molar refractivity (Wildman–Crippen MR) is 79.3 cm³/mol. The summed E-state index contributed by atoms with van der Waals surface area (Å²) < 4.78 is 0. The number of hydrogen-bond donors (Lipinski definition) is 1. The van der Waals surface area contributed by atoms with Crippen molar-refractivity contribution >= 4 is 17.7 Å². The summed E-state index contributed by atoms with van der Waals surface area (Å²) in [5, 5.41) is 3.38. The van der Waals surface area contributed by atoms with Crippen LogP contribution in [-0.4, -0.2) is 41.4 Å². The van der Waals surface area contributed by atoms with E-state index in [0.29, 0.717) is 6.04 Å². The number of likely N-dealkylation sites (N-methyl/N-ethyl adjacent to an activating group) is 1. The van der Waals surface area contributed by atoms with E-state index in [1.165, 1.54) is 16.9 Å². The Morgan fingerprint density at radius 2 is 2.16 bits per heavy atom. The van der Waals surface area contributed by atoms with Crippen molar-refractivity contribution in [3.8, 4) is 0 Å². The molecule has 1 unspecified atom stereocenters. The number of carbonyl (C=O) groups is 1. The lowest BCUT2D eigenvalue weighted by atomic mass is 9.95. The summed E-state index contributed by atoms with van der Waals surface area (Å²) in [4.78, 5) is 14.5. The van der Waals surface area contributed by atoms with Crippen molar-refractivity contribution in [1.82, 2.24) is 10.2 Å². The fourth-order valence-electron chi connectivity index (χ4n) is 2.88. The number of hydrogen-bond acceptors (Lipinski definition) is 3. The molecule has 1 aromatic rings. The molecule has 102 valence electrons. The van der Waals surface area contributed by atoms with Crippen LogP contribution in [0.5, 0.6) is 0 Å². The van der Waals surface area contributed by atoms with Gasteiger partial charge in [-0.25, -0.2) is 0 Å². The number of nitrogens with zero attached hydrogens (tertiary/aromatic N) is 1. The average Bonchev–Trinajstić information content (AvgIpc) is 2.99. The highest BCUT2D eigenvalue weighted by Gasteiger charge is 2.30. The molecule has 3 rings (SSSR count). The maximum atomic E-state index is 12.5. The van der Waals surface area contributed by atoms with Crippen LogP contribution in [0.2, 0.25) is 0 Å². The number of thioether (sulfide) groups is 1. The molecule has 0 spiro atoms. The second-order valence-electron chi connectivity index (χ2n) is 5.37. The third kappa shape index (κ3) is 2.65. The molecule has 0 aromatic heterocycles. The molecule has 2 aliphatic heterocycles. The van der Waals surface area contributed by atoms with Gasteiger partial charge >= 0.3 is 0 Å². The van der Waals surface area contributed by atoms with Gasteiger partial charge in [0.25, 0.3) is 0 Å². The monoisotopic (exact) mass is 276 g/mol. The topological polar surface area (TPSA) is 32.3 Å². The molecule has 1 saturated heterocycles. The van der Waals surface area contributed by atoms with Gasteiger partial charge in [-0.2, -0.15) is 11.8 Å². The standard InChI is InChI=1S/C15H20N2OS/c1-17(13-6-7-19-10-13)15(18)14-8-11-4-2-3-5-12(11)9-16-14/h2-5,13-14,16H,6-10H2,1H3/t13?,14-/m0/s1. The second-order valence-corrected chi connectivity index (χ2v) is 6.52. The first-order chi connectivity index (χ1) is 9.25. The number of nitrogens with one attached hydrogen (secondary N) is 1. The summed E-state index contributed by atoms with van der Waals surface area (Å²) in [6.07, 6.45) is 1.95. The number of carbonyl (C=O) groups excluding carboxylic acids is 1. The number of fused-ring (bicyclic) bond motifs is 1. The van der Waals surface area contributed by atoms with Crippen molar-refractivity contribution in [2.24, 2.45) is 0 Å². The molecule has 0 aliphatic carbocycles. The molecule has 0 saturated carbocycles. The molecule has 1 amide bonds. The molecule has 2 atom stereocenters. The van der Waals surface area contributed by atoms with Crippen molar-refractivity contribution in [2.75, 3.05) is 18.6 Å². The molecule has 0 bridgehead atoms. The molecule has 2 heterocycles. The SMILES string of the molecule is CN(C(=O)[C@@H]1Cc2ccccc2CN1)C1CCSC1. The van der Waals surface area contributed by atoms with Gasteiger partial charge in [0.1, 0.15) is 0 Å². The summed E-state index contributed by atoms with van der Waals surface area (Å²) in [6, 6.07) is 8.78. The van der Waals surface area contributed by atoms with E-state index in [1.807, 2.05) is 23.7 Å². The molecule has 1 fully saturated rings. The highest BCUT2D eigenvalue weighted by atomic mass is 32.2. The Labute approximate surface area is 118 Å². The van der Waals surface area contributed by atoms with Crippen LogP contribution >= 0.6 is 11.8 Å². The van der Waals surface area contributed by atoms with Crippen molar-refractivity contribution in [2.45, 2.75) is 31.5 Å². The van der Waals surface area contributed by atoms with E-state index in [1.54, 1.807) is 0 Å². The zero-order valence-electron chi connectivity index (χ0n) is 11.3. The van der Waals surface area contributed by atoms with E-state index in [-0.39, 0.29) is 11.9 Å². The first kappa shape index (κ1) is 13.0. The minimum Gasteiger partial charge on any atom is -0.341 e. The quantitative estimate of drug-likeness (QED) is 0.892. The van der Waals surface area contributed by atoms with Crippen LogP contribution in [0.1, 0.15) is 17.5 Å². The molecule has 2 aliphatic rings. The minimum atomic E-state index is -0.0505. The largest absolute Gasteiger partial charge is 0.341 e. The van der Waals surface area contributed by atoms with Crippen molar-refractivity contribution in [1.29, 1.82) is 0 Å². The zero-order chi connectivity index (χ0) is 13.2. The van der Waals surface area contributed by atoms with E-state index >= 15 is 0 Å². The highest BCUT2D eigenvalue weighted by Crippen LogP contribution is 2.23. The first-order valence-electron chi connectivity index (χ1n) is 6.90. The van der Waals surface area contributed by atoms with Gasteiger partial charge in [0.2, 0.25) is 5.91 Å². The van der Waals surface area contributed by atoms with Crippen LogP contribution in [0.15, 0.2) is 24.3 Å². The smallest absolute Gasteiger partial charge is 0.240 e. The van der Waals surface area contributed by atoms with Gasteiger partial charge < -0.3 is 10.2 Å². The summed E-state index contributed by atoms with van der Waals surface area (Å²) in [6.45, 7) is 0.805. The van der Waals surface area contributed by atoms with Crippen LogP contribution in [0.25, 0.3) is 0 Å². The maximum Gasteiger partial charge on any atom is 0.240 e. The van der Waals surface area contributed by atoms with Crippen LogP contribution in [0.3, 0.4) is 0 Å². The molecular weight excluding hydrogens is 256 g/mol. The Kier molecular flexibility index (Phi) is 3.80. The van der Waals surface area contributed by atoms with Crippen LogP contribution in [0.4, 0.5) is 0 Å². The lowest BCUT2D eigenvalue weighted by Gasteiger charge is -2.31. The molecule has 0 radical (unpaired) electrons. The minimum absolute atomic E-state index is 0.0505. The van der Waals surface area contributed by atoms with Crippen LogP contribution < -0.4 is 5.32 Å². The average molecular weight is 276 g/mol. The third-order valence-electron chi connectivity index (χ3n) is 4.18. The van der Waals surface area contributed by atoms with Crippen LogP contribution in [0, 0.1) is 0 Å².